The molecule has 4 fully saturated rings. The van der Waals surface area contributed by atoms with Crippen molar-refractivity contribution < 1.29 is 14.3 Å². The molecule has 0 spiro atoms. The van der Waals surface area contributed by atoms with E-state index in [9.17, 15) is 4.79 Å². The highest BCUT2D eigenvalue weighted by Gasteiger charge is 2.57. The lowest BCUT2D eigenvalue weighted by molar-refractivity contribution is -0.182. The summed E-state index contributed by atoms with van der Waals surface area (Å²) in [5.74, 6) is 1.84. The first-order chi connectivity index (χ1) is 7.62. The van der Waals surface area contributed by atoms with E-state index < -0.39 is 6.09 Å². The highest BCUT2D eigenvalue weighted by Crippen LogP contribution is 2.57. The Balaban J connectivity index is 1.83. The zero-order valence-electron chi connectivity index (χ0n) is 9.65. The van der Waals surface area contributed by atoms with Crippen molar-refractivity contribution >= 4 is 6.09 Å². The van der Waals surface area contributed by atoms with Crippen molar-refractivity contribution in [3.8, 4) is 0 Å². The van der Waals surface area contributed by atoms with Gasteiger partial charge in [-0.3, -0.25) is 0 Å². The van der Waals surface area contributed by atoms with Crippen molar-refractivity contribution in [2.24, 2.45) is 23.5 Å². The first-order valence-electron chi connectivity index (χ1n) is 6.13. The fraction of sp³-hybridized carbons (Fsp3) is 0.917. The first-order valence-corrected chi connectivity index (χ1v) is 6.13. The number of carbonyl (C=O) groups excluding carboxylic acids is 1. The number of primary amides is 1. The normalized spacial score (nSPS) is 49.3. The van der Waals surface area contributed by atoms with Crippen molar-refractivity contribution in [3.05, 3.63) is 0 Å². The highest BCUT2D eigenvalue weighted by atomic mass is 16.6. The van der Waals surface area contributed by atoms with Crippen molar-refractivity contribution in [1.82, 2.24) is 0 Å². The molecule has 4 heteroatoms. The average Bonchev–Trinajstić information content (AvgIpc) is 2.13. The number of amides is 1. The van der Waals surface area contributed by atoms with E-state index >= 15 is 0 Å². The standard InChI is InChI=1S/C12H19NO3/c1-15-10-8-2-7-3-9(10)6-12(4-7,5-8)16-11(13)14/h7-10H,2-6H2,1H3,(H2,13,14). The van der Waals surface area contributed by atoms with Gasteiger partial charge in [-0.05, 0) is 49.9 Å². The molecule has 2 unspecified atom stereocenters. The molecule has 4 nitrogen and oxygen atoms in total. The third kappa shape index (κ3) is 1.43. The van der Waals surface area contributed by atoms with E-state index in [1.165, 1.54) is 12.8 Å². The molecule has 0 radical (unpaired) electrons. The lowest BCUT2D eigenvalue weighted by atomic mass is 9.53. The average molecular weight is 225 g/mol. The monoisotopic (exact) mass is 225 g/mol. The maximum absolute atomic E-state index is 11.0. The third-order valence-electron chi connectivity index (χ3n) is 4.72. The number of rotatable bonds is 2. The SMILES string of the molecule is COC1C2CC3CC1CC(OC(N)=O)(C3)C2. The molecule has 0 aliphatic heterocycles. The summed E-state index contributed by atoms with van der Waals surface area (Å²) in [5, 5.41) is 0. The molecule has 2 N–H and O–H groups in total. The van der Waals surface area contributed by atoms with Gasteiger partial charge >= 0.3 is 6.09 Å². The Hall–Kier alpha value is -0.770. The van der Waals surface area contributed by atoms with Crippen LogP contribution in [0.15, 0.2) is 0 Å². The fourth-order valence-electron chi connectivity index (χ4n) is 4.63. The Labute approximate surface area is 95.5 Å². The zero-order valence-corrected chi connectivity index (χ0v) is 9.65. The summed E-state index contributed by atoms with van der Waals surface area (Å²) in [6, 6.07) is 0. The quantitative estimate of drug-likeness (QED) is 0.777. The molecule has 16 heavy (non-hydrogen) atoms. The van der Waals surface area contributed by atoms with Gasteiger partial charge in [0.05, 0.1) is 6.10 Å². The van der Waals surface area contributed by atoms with E-state index in [1.807, 2.05) is 0 Å². The Morgan fingerprint density at radius 3 is 2.38 bits per heavy atom. The van der Waals surface area contributed by atoms with Crippen LogP contribution in [-0.4, -0.2) is 24.9 Å². The second-order valence-corrected chi connectivity index (χ2v) is 5.77. The van der Waals surface area contributed by atoms with Crippen LogP contribution in [0.4, 0.5) is 4.79 Å². The van der Waals surface area contributed by atoms with Crippen LogP contribution in [0.1, 0.15) is 32.1 Å². The Bertz CT molecular complexity index is 301. The van der Waals surface area contributed by atoms with Crippen molar-refractivity contribution in [1.29, 1.82) is 0 Å². The van der Waals surface area contributed by atoms with Gasteiger partial charge in [-0.25, -0.2) is 4.79 Å². The third-order valence-corrected chi connectivity index (χ3v) is 4.72. The summed E-state index contributed by atoms with van der Waals surface area (Å²) in [5.41, 5.74) is 4.94. The molecule has 4 rings (SSSR count). The van der Waals surface area contributed by atoms with Gasteiger partial charge in [0.15, 0.2) is 0 Å². The molecule has 4 aliphatic rings. The Morgan fingerprint density at radius 2 is 1.88 bits per heavy atom. The maximum Gasteiger partial charge on any atom is 0.405 e. The zero-order chi connectivity index (χ0) is 11.3. The van der Waals surface area contributed by atoms with Gasteiger partial charge in [0.1, 0.15) is 5.60 Å². The predicted octanol–water partition coefficient (Wildman–Crippen LogP) is 1.68. The molecule has 0 heterocycles. The first kappa shape index (κ1) is 10.4. The van der Waals surface area contributed by atoms with Gasteiger partial charge in [0.25, 0.3) is 0 Å². The summed E-state index contributed by atoms with van der Waals surface area (Å²) < 4.78 is 11.0. The number of methoxy groups -OCH3 is 1. The number of hydrogen-bond acceptors (Lipinski definition) is 3. The molecule has 4 aliphatic carbocycles. The Kier molecular flexibility index (Phi) is 2.18. The van der Waals surface area contributed by atoms with Crippen molar-refractivity contribution in [2.75, 3.05) is 7.11 Å². The van der Waals surface area contributed by atoms with Crippen LogP contribution in [0.2, 0.25) is 0 Å². The molecule has 4 saturated carbocycles. The van der Waals surface area contributed by atoms with Crippen molar-refractivity contribution in [3.63, 3.8) is 0 Å². The summed E-state index contributed by atoms with van der Waals surface area (Å²) in [7, 11) is 1.80. The van der Waals surface area contributed by atoms with Crippen LogP contribution in [-0.2, 0) is 9.47 Å². The molecule has 4 bridgehead atoms. The highest BCUT2D eigenvalue weighted by molar-refractivity contribution is 5.65. The molecule has 1 amide bonds. The van der Waals surface area contributed by atoms with Gasteiger partial charge in [-0.15, -0.1) is 0 Å². The van der Waals surface area contributed by atoms with Crippen LogP contribution >= 0.6 is 0 Å². The summed E-state index contributed by atoms with van der Waals surface area (Å²) >= 11 is 0. The second kappa shape index (κ2) is 3.36. The number of nitrogens with two attached hydrogens (primary N) is 1. The lowest BCUT2D eigenvalue weighted by Crippen LogP contribution is -2.59. The van der Waals surface area contributed by atoms with Gasteiger partial charge in [-0.2, -0.15) is 0 Å². The van der Waals surface area contributed by atoms with E-state index in [4.69, 9.17) is 15.2 Å². The van der Waals surface area contributed by atoms with Gasteiger partial charge < -0.3 is 15.2 Å². The molecule has 0 aromatic rings. The molecule has 90 valence electrons. The molecule has 2 atom stereocenters. The summed E-state index contributed by atoms with van der Waals surface area (Å²) in [6.45, 7) is 0. The largest absolute Gasteiger partial charge is 0.443 e. The molecule has 0 aromatic carbocycles. The van der Waals surface area contributed by atoms with E-state index in [0.29, 0.717) is 23.9 Å². The maximum atomic E-state index is 11.0. The fourth-order valence-corrected chi connectivity index (χ4v) is 4.63. The van der Waals surface area contributed by atoms with E-state index in [2.05, 4.69) is 0 Å². The predicted molar refractivity (Wildman–Crippen MR) is 57.8 cm³/mol. The molecule has 0 aromatic heterocycles. The number of carbonyl (C=O) groups is 1. The molecule has 0 saturated heterocycles. The molecular weight excluding hydrogens is 206 g/mol. The van der Waals surface area contributed by atoms with Gasteiger partial charge in [0.2, 0.25) is 0 Å². The number of hydrogen-bond donors (Lipinski definition) is 1. The summed E-state index contributed by atoms with van der Waals surface area (Å²) in [6.07, 6.45) is 5.14. The topological polar surface area (TPSA) is 61.6 Å². The Morgan fingerprint density at radius 1 is 1.25 bits per heavy atom. The van der Waals surface area contributed by atoms with Crippen molar-refractivity contribution in [2.45, 2.75) is 43.8 Å². The summed E-state index contributed by atoms with van der Waals surface area (Å²) in [4.78, 5) is 11.0. The second-order valence-electron chi connectivity index (χ2n) is 5.77. The van der Waals surface area contributed by atoms with Gasteiger partial charge in [-0.1, -0.05) is 0 Å². The number of ether oxygens (including phenoxy) is 2. The molecular formula is C12H19NO3. The van der Waals surface area contributed by atoms with E-state index in [1.54, 1.807) is 7.11 Å². The van der Waals surface area contributed by atoms with Crippen LogP contribution in [0.3, 0.4) is 0 Å². The minimum absolute atomic E-state index is 0.253. The van der Waals surface area contributed by atoms with Gasteiger partial charge in [0, 0.05) is 7.11 Å². The lowest BCUT2D eigenvalue weighted by Gasteiger charge is -2.58. The van der Waals surface area contributed by atoms with E-state index in [0.717, 1.165) is 19.3 Å². The smallest absolute Gasteiger partial charge is 0.405 e. The minimum Gasteiger partial charge on any atom is -0.443 e. The van der Waals surface area contributed by atoms with Crippen LogP contribution in [0.25, 0.3) is 0 Å². The van der Waals surface area contributed by atoms with Crippen LogP contribution in [0.5, 0.6) is 0 Å². The minimum atomic E-state index is -0.615. The van der Waals surface area contributed by atoms with Crippen LogP contribution in [0, 0.1) is 17.8 Å². The van der Waals surface area contributed by atoms with E-state index in [-0.39, 0.29) is 5.60 Å². The van der Waals surface area contributed by atoms with Crippen LogP contribution < -0.4 is 5.73 Å².